The SMILES string of the molecule is CC1(C)c2ccccc2-c2ccc(N(c3ccc(-c4ccccc4)cc3)c3ccc4c(c3)C(C)(C)c3ccc5c6c(oc5c3-4)C=CCC6)cc21. The highest BCUT2D eigenvalue weighted by molar-refractivity contribution is 6.02. The largest absolute Gasteiger partial charge is 0.456 e. The van der Waals surface area contributed by atoms with Gasteiger partial charge in [-0.1, -0.05) is 125 Å². The average Bonchev–Trinajstić information content (AvgIpc) is 3.72. The van der Waals surface area contributed by atoms with Crippen molar-refractivity contribution in [3.8, 4) is 33.4 Å². The van der Waals surface area contributed by atoms with Crippen molar-refractivity contribution >= 4 is 34.1 Å². The molecule has 242 valence electrons. The van der Waals surface area contributed by atoms with Crippen LogP contribution in [0.5, 0.6) is 0 Å². The van der Waals surface area contributed by atoms with Crippen LogP contribution >= 0.6 is 0 Å². The van der Waals surface area contributed by atoms with Crippen LogP contribution in [-0.2, 0) is 17.3 Å². The molecule has 0 N–H and O–H groups in total. The molecule has 7 aromatic rings. The van der Waals surface area contributed by atoms with Crippen molar-refractivity contribution in [1.29, 1.82) is 0 Å². The van der Waals surface area contributed by atoms with Crippen LogP contribution in [0.4, 0.5) is 17.1 Å². The van der Waals surface area contributed by atoms with Crippen LogP contribution in [-0.4, -0.2) is 0 Å². The number of fused-ring (bicyclic) bond motifs is 10. The number of hydrogen-bond donors (Lipinski definition) is 0. The van der Waals surface area contributed by atoms with Gasteiger partial charge in [0.25, 0.3) is 0 Å². The highest BCUT2D eigenvalue weighted by Gasteiger charge is 2.39. The first-order chi connectivity index (χ1) is 24.3. The fourth-order valence-corrected chi connectivity index (χ4v) is 9.09. The van der Waals surface area contributed by atoms with Crippen LogP contribution < -0.4 is 4.90 Å². The van der Waals surface area contributed by atoms with E-state index in [4.69, 9.17) is 4.42 Å². The Morgan fingerprint density at radius 2 is 1.16 bits per heavy atom. The molecular formula is C48H39NO. The summed E-state index contributed by atoms with van der Waals surface area (Å²) >= 11 is 0. The second-order valence-corrected chi connectivity index (χ2v) is 15.3. The number of allylic oxidation sites excluding steroid dienone is 1. The summed E-state index contributed by atoms with van der Waals surface area (Å²) in [6, 6.07) is 47.4. The van der Waals surface area contributed by atoms with E-state index >= 15 is 0 Å². The Bertz CT molecular complexity index is 2530. The van der Waals surface area contributed by atoms with Crippen LogP contribution in [0, 0.1) is 0 Å². The molecule has 0 spiro atoms. The lowest BCUT2D eigenvalue weighted by Gasteiger charge is -2.30. The maximum atomic E-state index is 6.64. The van der Waals surface area contributed by atoms with Gasteiger partial charge in [-0.15, -0.1) is 0 Å². The molecule has 0 radical (unpaired) electrons. The first-order valence-corrected chi connectivity index (χ1v) is 17.9. The van der Waals surface area contributed by atoms with Gasteiger partial charge in [0.15, 0.2) is 0 Å². The van der Waals surface area contributed by atoms with Crippen molar-refractivity contribution < 1.29 is 4.42 Å². The Hall–Kier alpha value is -5.60. The fraction of sp³-hybridized carbons (Fsp3) is 0.167. The highest BCUT2D eigenvalue weighted by Crippen LogP contribution is 2.55. The summed E-state index contributed by atoms with van der Waals surface area (Å²) in [6.07, 6.45) is 6.49. The minimum Gasteiger partial charge on any atom is -0.456 e. The molecule has 0 amide bonds. The van der Waals surface area contributed by atoms with Crippen LogP contribution in [0.15, 0.2) is 138 Å². The zero-order valence-corrected chi connectivity index (χ0v) is 29.0. The molecule has 10 rings (SSSR count). The normalized spacial score (nSPS) is 15.7. The molecule has 1 aromatic heterocycles. The quantitative estimate of drug-likeness (QED) is 0.189. The first kappa shape index (κ1) is 29.3. The molecule has 0 fully saturated rings. The number of rotatable bonds is 4. The number of benzene rings is 6. The van der Waals surface area contributed by atoms with Crippen molar-refractivity contribution in [2.24, 2.45) is 0 Å². The van der Waals surface area contributed by atoms with Crippen LogP contribution in [0.1, 0.15) is 67.7 Å². The third kappa shape index (κ3) is 4.08. The van der Waals surface area contributed by atoms with Gasteiger partial charge >= 0.3 is 0 Å². The molecule has 2 nitrogen and oxygen atoms in total. The molecule has 1 heterocycles. The molecule has 0 atom stereocenters. The maximum absolute atomic E-state index is 6.64. The van der Waals surface area contributed by atoms with E-state index in [0.29, 0.717) is 0 Å². The van der Waals surface area contributed by atoms with Gasteiger partial charge in [-0.3, -0.25) is 0 Å². The molecule has 3 aliphatic rings. The molecule has 0 saturated heterocycles. The van der Waals surface area contributed by atoms with Crippen molar-refractivity contribution in [2.45, 2.75) is 51.4 Å². The minimum absolute atomic E-state index is 0.0882. The second-order valence-electron chi connectivity index (χ2n) is 15.3. The van der Waals surface area contributed by atoms with Crippen molar-refractivity contribution in [2.75, 3.05) is 4.90 Å². The van der Waals surface area contributed by atoms with Gasteiger partial charge in [0, 0.05) is 44.4 Å². The third-order valence-electron chi connectivity index (χ3n) is 11.8. The molecule has 0 bridgehead atoms. The summed E-state index contributed by atoms with van der Waals surface area (Å²) in [6.45, 7) is 9.45. The summed E-state index contributed by atoms with van der Waals surface area (Å²) < 4.78 is 6.64. The first-order valence-electron chi connectivity index (χ1n) is 17.9. The molecule has 50 heavy (non-hydrogen) atoms. The Morgan fingerprint density at radius 1 is 0.540 bits per heavy atom. The lowest BCUT2D eigenvalue weighted by Crippen LogP contribution is -2.18. The van der Waals surface area contributed by atoms with Crippen molar-refractivity contribution in [3.63, 3.8) is 0 Å². The number of anilines is 3. The fourth-order valence-electron chi connectivity index (χ4n) is 9.09. The minimum atomic E-state index is -0.178. The molecule has 3 aliphatic carbocycles. The molecule has 0 aliphatic heterocycles. The Balaban J connectivity index is 1.15. The summed E-state index contributed by atoms with van der Waals surface area (Å²) in [5, 5.41) is 1.26. The van der Waals surface area contributed by atoms with Gasteiger partial charge < -0.3 is 9.32 Å². The lowest BCUT2D eigenvalue weighted by molar-refractivity contribution is 0.595. The van der Waals surface area contributed by atoms with E-state index in [9.17, 15) is 0 Å². The zero-order valence-electron chi connectivity index (χ0n) is 29.0. The smallest absolute Gasteiger partial charge is 0.143 e. The Kier molecular flexibility index (Phi) is 6.13. The van der Waals surface area contributed by atoms with E-state index in [-0.39, 0.29) is 10.8 Å². The average molecular weight is 646 g/mol. The van der Waals surface area contributed by atoms with E-state index in [0.717, 1.165) is 35.6 Å². The molecular weight excluding hydrogens is 607 g/mol. The lowest BCUT2D eigenvalue weighted by atomic mass is 9.82. The van der Waals surface area contributed by atoms with Gasteiger partial charge in [-0.25, -0.2) is 0 Å². The number of nitrogens with zero attached hydrogens (tertiary/aromatic N) is 1. The Labute approximate surface area is 294 Å². The topological polar surface area (TPSA) is 16.4 Å². The van der Waals surface area contributed by atoms with Gasteiger partial charge in [0.2, 0.25) is 0 Å². The summed E-state index contributed by atoms with van der Waals surface area (Å²) in [5.74, 6) is 1.02. The zero-order chi connectivity index (χ0) is 33.8. The third-order valence-corrected chi connectivity index (χ3v) is 11.8. The van der Waals surface area contributed by atoms with Crippen molar-refractivity contribution in [3.05, 3.63) is 167 Å². The van der Waals surface area contributed by atoms with E-state index in [1.807, 2.05) is 0 Å². The predicted octanol–water partition coefficient (Wildman–Crippen LogP) is 13.1. The van der Waals surface area contributed by atoms with Gasteiger partial charge in [0.1, 0.15) is 11.3 Å². The van der Waals surface area contributed by atoms with Gasteiger partial charge in [-0.2, -0.15) is 0 Å². The number of hydrogen-bond acceptors (Lipinski definition) is 2. The second kappa shape index (κ2) is 10.5. The summed E-state index contributed by atoms with van der Waals surface area (Å²) in [4.78, 5) is 2.44. The van der Waals surface area contributed by atoms with E-state index in [1.54, 1.807) is 0 Å². The van der Waals surface area contributed by atoms with Gasteiger partial charge in [-0.05, 0) is 105 Å². The van der Waals surface area contributed by atoms with Crippen LogP contribution in [0.2, 0.25) is 0 Å². The monoisotopic (exact) mass is 645 g/mol. The highest BCUT2D eigenvalue weighted by atomic mass is 16.3. The van der Waals surface area contributed by atoms with Crippen molar-refractivity contribution in [1.82, 2.24) is 0 Å². The summed E-state index contributed by atoms with van der Waals surface area (Å²) in [7, 11) is 0. The van der Waals surface area contributed by atoms with E-state index in [2.05, 4.69) is 172 Å². The molecule has 0 saturated carbocycles. The van der Waals surface area contributed by atoms with E-state index in [1.165, 1.54) is 72.3 Å². The molecule has 2 heteroatoms. The van der Waals surface area contributed by atoms with Crippen LogP contribution in [0.25, 0.3) is 50.4 Å². The van der Waals surface area contributed by atoms with Gasteiger partial charge in [0.05, 0.1) is 0 Å². The number of furan rings is 1. The summed E-state index contributed by atoms with van der Waals surface area (Å²) in [5.41, 5.74) is 18.7. The molecule has 6 aromatic carbocycles. The predicted molar refractivity (Wildman–Crippen MR) is 209 cm³/mol. The van der Waals surface area contributed by atoms with Crippen LogP contribution in [0.3, 0.4) is 0 Å². The standard InChI is InChI=1S/C48H39NO/c1-47(2)40-16-10-8-14-35(40)36-24-22-33(28-42(36)47)49(32-20-18-31(19-21-32)30-12-6-5-7-13-30)34-23-25-39-43(29-34)48(3,4)41-27-26-38-37-15-9-11-17-44(37)50-46(38)45(39)41/h5-8,10-14,16-29H,9,15H2,1-4H3. The molecule has 0 unspecified atom stereocenters. The van der Waals surface area contributed by atoms with E-state index < -0.39 is 0 Å². The number of aryl methyl sites for hydroxylation is 1. The maximum Gasteiger partial charge on any atom is 0.143 e. The Morgan fingerprint density at radius 3 is 1.94 bits per heavy atom.